The largest absolute Gasteiger partial charge is 0.481 e. The van der Waals surface area contributed by atoms with Gasteiger partial charge in [-0.2, -0.15) is 0 Å². The number of hydrogen-bond acceptors (Lipinski definition) is 4. The molecule has 1 aliphatic rings. The van der Waals surface area contributed by atoms with Gasteiger partial charge in [-0.3, -0.25) is 14.4 Å². The number of hydrogen-bond donors (Lipinski definition) is 2. The topological polar surface area (TPSA) is 95.9 Å². The Morgan fingerprint density at radius 2 is 2.17 bits per heavy atom. The highest BCUT2D eigenvalue weighted by Gasteiger charge is 2.32. The molecule has 1 aliphatic heterocycles. The van der Waals surface area contributed by atoms with Crippen molar-refractivity contribution in [3.63, 3.8) is 0 Å². The molecule has 1 atom stereocenters. The average Bonchev–Trinajstić information content (AvgIpc) is 2.55. The molecule has 0 fully saturated rings. The van der Waals surface area contributed by atoms with E-state index in [0.29, 0.717) is 30.1 Å². The van der Waals surface area contributed by atoms with Crippen LogP contribution in [-0.2, 0) is 14.4 Å². The molecule has 0 saturated heterocycles. The van der Waals surface area contributed by atoms with Gasteiger partial charge in [0.2, 0.25) is 5.91 Å². The van der Waals surface area contributed by atoms with E-state index in [1.54, 1.807) is 29.2 Å². The van der Waals surface area contributed by atoms with E-state index < -0.39 is 18.0 Å². The van der Waals surface area contributed by atoms with Crippen molar-refractivity contribution in [2.75, 3.05) is 16.8 Å². The molecule has 2 rings (SSSR count). The molecule has 0 bridgehead atoms. The molecule has 0 aromatic heterocycles. The fourth-order valence-corrected chi connectivity index (χ4v) is 2.42. The lowest BCUT2D eigenvalue weighted by molar-refractivity contribution is -0.138. The van der Waals surface area contributed by atoms with E-state index in [4.69, 9.17) is 9.84 Å². The third-order valence-electron chi connectivity index (χ3n) is 3.59. The maximum Gasteiger partial charge on any atom is 0.303 e. The first-order valence-electron chi connectivity index (χ1n) is 7.70. The van der Waals surface area contributed by atoms with Gasteiger partial charge in [0.25, 0.3) is 5.91 Å². The normalized spacial score (nSPS) is 16.1. The smallest absolute Gasteiger partial charge is 0.303 e. The standard InChI is InChI=1S/C17H20N2O5/c1-3-9-19-12-10-11(18-15(20)7-8-16(21)22)5-6-14(12)24-13(4-2)17(19)23/h3,5-6,10,13H,1,4,7-9H2,2H3,(H,18,20)(H,21,22). The fraction of sp³-hybridized carbons (Fsp3) is 0.353. The predicted molar refractivity (Wildman–Crippen MR) is 89.2 cm³/mol. The summed E-state index contributed by atoms with van der Waals surface area (Å²) >= 11 is 0. The number of anilines is 2. The van der Waals surface area contributed by atoms with Crippen molar-refractivity contribution in [1.29, 1.82) is 0 Å². The second kappa shape index (κ2) is 7.63. The van der Waals surface area contributed by atoms with E-state index in [2.05, 4.69) is 11.9 Å². The Balaban J connectivity index is 2.22. The zero-order valence-corrected chi connectivity index (χ0v) is 13.4. The van der Waals surface area contributed by atoms with Gasteiger partial charge in [0.15, 0.2) is 6.10 Å². The van der Waals surface area contributed by atoms with Crippen LogP contribution in [-0.4, -0.2) is 35.5 Å². The number of nitrogens with zero attached hydrogens (tertiary/aromatic N) is 1. The van der Waals surface area contributed by atoms with Crippen molar-refractivity contribution in [3.8, 4) is 5.75 Å². The van der Waals surface area contributed by atoms with Gasteiger partial charge in [-0.1, -0.05) is 13.0 Å². The van der Waals surface area contributed by atoms with Gasteiger partial charge < -0.3 is 20.1 Å². The lowest BCUT2D eigenvalue weighted by Crippen LogP contribution is -2.45. The van der Waals surface area contributed by atoms with Crippen LogP contribution >= 0.6 is 0 Å². The van der Waals surface area contributed by atoms with Crippen LogP contribution in [0.3, 0.4) is 0 Å². The van der Waals surface area contributed by atoms with Crippen molar-refractivity contribution in [1.82, 2.24) is 0 Å². The molecule has 128 valence electrons. The first kappa shape index (κ1) is 17.5. The zero-order valence-electron chi connectivity index (χ0n) is 13.4. The number of carbonyl (C=O) groups is 3. The van der Waals surface area contributed by atoms with Crippen LogP contribution in [0, 0.1) is 0 Å². The van der Waals surface area contributed by atoms with Gasteiger partial charge in [0.05, 0.1) is 12.1 Å². The summed E-state index contributed by atoms with van der Waals surface area (Å²) in [6.45, 7) is 5.87. The molecule has 2 amide bonds. The molecule has 1 heterocycles. The first-order valence-corrected chi connectivity index (χ1v) is 7.70. The predicted octanol–water partition coefficient (Wildman–Crippen LogP) is 2.18. The summed E-state index contributed by atoms with van der Waals surface area (Å²) in [4.78, 5) is 36.2. The summed E-state index contributed by atoms with van der Waals surface area (Å²) < 4.78 is 5.69. The molecule has 0 aliphatic carbocycles. The average molecular weight is 332 g/mol. The summed E-state index contributed by atoms with van der Waals surface area (Å²) in [6.07, 6.45) is 1.29. The highest BCUT2D eigenvalue weighted by Crippen LogP contribution is 2.36. The summed E-state index contributed by atoms with van der Waals surface area (Å²) in [5.74, 6) is -1.02. The molecular formula is C17H20N2O5. The lowest BCUT2D eigenvalue weighted by Gasteiger charge is -2.33. The number of aliphatic carboxylic acids is 1. The molecule has 0 spiro atoms. The van der Waals surface area contributed by atoms with Gasteiger partial charge in [0.1, 0.15) is 5.75 Å². The molecule has 1 unspecified atom stereocenters. The molecular weight excluding hydrogens is 312 g/mol. The summed E-state index contributed by atoms with van der Waals surface area (Å²) in [6, 6.07) is 4.99. The zero-order chi connectivity index (χ0) is 17.7. The van der Waals surface area contributed by atoms with E-state index in [0.717, 1.165) is 0 Å². The van der Waals surface area contributed by atoms with Crippen molar-refractivity contribution in [2.45, 2.75) is 32.3 Å². The minimum Gasteiger partial charge on any atom is -0.481 e. The summed E-state index contributed by atoms with van der Waals surface area (Å²) in [5, 5.41) is 11.2. The number of amides is 2. The number of carbonyl (C=O) groups excluding carboxylic acids is 2. The van der Waals surface area contributed by atoms with E-state index in [1.165, 1.54) is 0 Å². The van der Waals surface area contributed by atoms with E-state index >= 15 is 0 Å². The highest BCUT2D eigenvalue weighted by molar-refractivity contribution is 6.01. The maximum absolute atomic E-state index is 12.4. The first-order chi connectivity index (χ1) is 11.5. The van der Waals surface area contributed by atoms with Crippen LogP contribution in [0.5, 0.6) is 5.75 Å². The van der Waals surface area contributed by atoms with Crippen molar-refractivity contribution < 1.29 is 24.2 Å². The lowest BCUT2D eigenvalue weighted by atomic mass is 10.1. The molecule has 24 heavy (non-hydrogen) atoms. The number of ether oxygens (including phenoxy) is 1. The molecule has 2 N–H and O–H groups in total. The Labute approximate surface area is 139 Å². The van der Waals surface area contributed by atoms with Crippen LogP contribution in [0.25, 0.3) is 0 Å². The van der Waals surface area contributed by atoms with Crippen LogP contribution in [0.15, 0.2) is 30.9 Å². The van der Waals surface area contributed by atoms with Crippen molar-refractivity contribution >= 4 is 29.2 Å². The van der Waals surface area contributed by atoms with Crippen LogP contribution < -0.4 is 15.0 Å². The molecule has 7 heteroatoms. The summed E-state index contributed by atoms with van der Waals surface area (Å²) in [7, 11) is 0. The van der Waals surface area contributed by atoms with Crippen molar-refractivity contribution in [3.05, 3.63) is 30.9 Å². The molecule has 1 aromatic carbocycles. The minimum atomic E-state index is -1.03. The van der Waals surface area contributed by atoms with E-state index in [1.807, 2.05) is 6.92 Å². The highest BCUT2D eigenvalue weighted by atomic mass is 16.5. The number of fused-ring (bicyclic) bond motifs is 1. The van der Waals surface area contributed by atoms with E-state index in [9.17, 15) is 14.4 Å². The van der Waals surface area contributed by atoms with Crippen molar-refractivity contribution in [2.24, 2.45) is 0 Å². The Hall–Kier alpha value is -2.83. The fourth-order valence-electron chi connectivity index (χ4n) is 2.42. The van der Waals surface area contributed by atoms with Gasteiger partial charge in [-0.15, -0.1) is 6.58 Å². The Morgan fingerprint density at radius 1 is 1.42 bits per heavy atom. The van der Waals surface area contributed by atoms with Gasteiger partial charge in [-0.25, -0.2) is 0 Å². The summed E-state index contributed by atoms with van der Waals surface area (Å²) in [5.41, 5.74) is 1.03. The SMILES string of the molecule is C=CCN1C(=O)C(CC)Oc2ccc(NC(=O)CCC(=O)O)cc21. The van der Waals surface area contributed by atoms with Gasteiger partial charge in [0, 0.05) is 18.7 Å². The van der Waals surface area contributed by atoms with Crippen LogP contribution in [0.2, 0.25) is 0 Å². The number of nitrogens with one attached hydrogen (secondary N) is 1. The van der Waals surface area contributed by atoms with Crippen LogP contribution in [0.4, 0.5) is 11.4 Å². The quantitative estimate of drug-likeness (QED) is 0.746. The van der Waals surface area contributed by atoms with E-state index in [-0.39, 0.29) is 18.7 Å². The third-order valence-corrected chi connectivity index (χ3v) is 3.59. The Bertz CT molecular complexity index is 671. The second-order valence-corrected chi connectivity index (χ2v) is 5.38. The third kappa shape index (κ3) is 3.92. The minimum absolute atomic E-state index is 0.115. The van der Waals surface area contributed by atoms with Gasteiger partial charge >= 0.3 is 5.97 Å². The molecule has 7 nitrogen and oxygen atoms in total. The molecule has 0 saturated carbocycles. The Kier molecular flexibility index (Phi) is 5.57. The number of carboxylic acids is 1. The molecule has 0 radical (unpaired) electrons. The monoisotopic (exact) mass is 332 g/mol. The molecule has 1 aromatic rings. The second-order valence-electron chi connectivity index (χ2n) is 5.38. The maximum atomic E-state index is 12.4. The number of benzene rings is 1. The number of carboxylic acid groups (broad SMARTS) is 1. The van der Waals surface area contributed by atoms with Gasteiger partial charge in [-0.05, 0) is 24.6 Å². The van der Waals surface area contributed by atoms with Crippen LogP contribution in [0.1, 0.15) is 26.2 Å². The Morgan fingerprint density at radius 3 is 2.79 bits per heavy atom. The number of rotatable bonds is 7.